The van der Waals surface area contributed by atoms with Gasteiger partial charge in [0.1, 0.15) is 5.82 Å². The average molecular weight is 309 g/mol. The van der Waals surface area contributed by atoms with E-state index in [0.717, 1.165) is 22.6 Å². The van der Waals surface area contributed by atoms with Crippen molar-refractivity contribution in [3.63, 3.8) is 0 Å². The van der Waals surface area contributed by atoms with Gasteiger partial charge in [-0.15, -0.1) is 0 Å². The lowest BCUT2D eigenvalue weighted by atomic mass is 10.1. The first-order valence-corrected chi connectivity index (χ1v) is 7.35. The van der Waals surface area contributed by atoms with Gasteiger partial charge in [-0.05, 0) is 35.4 Å². The van der Waals surface area contributed by atoms with Gasteiger partial charge in [-0.2, -0.15) is 0 Å². The number of halogens is 1. The Morgan fingerprint density at radius 1 is 0.783 bits per heavy atom. The van der Waals surface area contributed by atoms with Crippen molar-refractivity contribution in [2.75, 3.05) is 19.0 Å². The van der Waals surface area contributed by atoms with E-state index in [1.165, 1.54) is 12.1 Å². The lowest BCUT2D eigenvalue weighted by Gasteiger charge is -2.10. The SMILES string of the molecule is CN(C)c1cc[n+](Oc2ccc(-c3ccc(F)cc3)cc2)cc1. The molecule has 0 atom stereocenters. The van der Waals surface area contributed by atoms with E-state index in [0.29, 0.717) is 0 Å². The summed E-state index contributed by atoms with van der Waals surface area (Å²) in [6, 6.07) is 18.1. The number of anilines is 1. The Labute approximate surface area is 135 Å². The van der Waals surface area contributed by atoms with Crippen molar-refractivity contribution in [1.29, 1.82) is 0 Å². The molecule has 0 aliphatic carbocycles. The average Bonchev–Trinajstić information content (AvgIpc) is 2.57. The van der Waals surface area contributed by atoms with E-state index in [4.69, 9.17) is 4.84 Å². The van der Waals surface area contributed by atoms with E-state index in [9.17, 15) is 4.39 Å². The number of hydrogen-bond donors (Lipinski definition) is 0. The standard InChI is InChI=1S/C19H18FN2O/c1-21(2)18-11-13-22(14-12-18)23-19-9-5-16(6-10-19)15-3-7-17(20)8-4-15/h3-14H,1-2H3/q+1. The highest BCUT2D eigenvalue weighted by atomic mass is 19.1. The molecule has 0 saturated carbocycles. The Kier molecular flexibility index (Phi) is 4.24. The van der Waals surface area contributed by atoms with Crippen molar-refractivity contribution < 1.29 is 14.0 Å². The fraction of sp³-hybridized carbons (Fsp3) is 0.105. The second kappa shape index (κ2) is 6.48. The number of benzene rings is 2. The van der Waals surface area contributed by atoms with Gasteiger partial charge in [-0.25, -0.2) is 9.23 Å². The van der Waals surface area contributed by atoms with Crippen molar-refractivity contribution in [1.82, 2.24) is 0 Å². The molecule has 0 saturated heterocycles. The fourth-order valence-electron chi connectivity index (χ4n) is 2.24. The monoisotopic (exact) mass is 309 g/mol. The molecule has 0 radical (unpaired) electrons. The molecule has 3 rings (SSSR count). The lowest BCUT2D eigenvalue weighted by molar-refractivity contribution is -0.875. The normalized spacial score (nSPS) is 10.4. The summed E-state index contributed by atoms with van der Waals surface area (Å²) in [6.07, 6.45) is 3.73. The van der Waals surface area contributed by atoms with Gasteiger partial charge in [0.15, 0.2) is 0 Å². The molecule has 23 heavy (non-hydrogen) atoms. The Balaban J connectivity index is 1.73. The first kappa shape index (κ1) is 15.0. The van der Waals surface area contributed by atoms with Crippen molar-refractivity contribution in [3.8, 4) is 16.9 Å². The Morgan fingerprint density at radius 3 is 1.83 bits per heavy atom. The largest absolute Gasteiger partial charge is 0.377 e. The van der Waals surface area contributed by atoms with Crippen LogP contribution >= 0.6 is 0 Å². The second-order valence-corrected chi connectivity index (χ2v) is 5.43. The fourth-order valence-corrected chi connectivity index (χ4v) is 2.24. The third-order valence-corrected chi connectivity index (χ3v) is 3.54. The molecule has 0 aliphatic rings. The van der Waals surface area contributed by atoms with E-state index in [1.807, 2.05) is 67.8 Å². The molecular formula is C19H18FN2O+. The molecule has 3 nitrogen and oxygen atoms in total. The molecule has 1 heterocycles. The lowest BCUT2D eigenvalue weighted by Crippen LogP contribution is -2.38. The van der Waals surface area contributed by atoms with Gasteiger partial charge in [0.2, 0.25) is 18.1 Å². The summed E-state index contributed by atoms with van der Waals surface area (Å²) >= 11 is 0. The quantitative estimate of drug-likeness (QED) is 0.683. The molecular weight excluding hydrogens is 291 g/mol. The maximum atomic E-state index is 13.0. The van der Waals surface area contributed by atoms with Gasteiger partial charge in [0, 0.05) is 36.6 Å². The summed E-state index contributed by atoms with van der Waals surface area (Å²) in [5.41, 5.74) is 3.10. The third kappa shape index (κ3) is 3.66. The van der Waals surface area contributed by atoms with Gasteiger partial charge in [0.25, 0.3) is 0 Å². The maximum Gasteiger partial charge on any atom is 0.225 e. The van der Waals surface area contributed by atoms with Gasteiger partial charge < -0.3 is 4.90 Å². The molecule has 2 aromatic carbocycles. The maximum absolute atomic E-state index is 13.0. The van der Waals surface area contributed by atoms with E-state index < -0.39 is 0 Å². The highest BCUT2D eigenvalue weighted by Crippen LogP contribution is 2.22. The highest BCUT2D eigenvalue weighted by molar-refractivity contribution is 5.63. The molecule has 3 aromatic rings. The van der Waals surface area contributed by atoms with Crippen LogP contribution in [0.3, 0.4) is 0 Å². The van der Waals surface area contributed by atoms with E-state index in [1.54, 1.807) is 16.9 Å². The molecule has 0 aliphatic heterocycles. The molecule has 0 unspecified atom stereocenters. The Hall–Kier alpha value is -2.88. The van der Waals surface area contributed by atoms with Crippen LogP contribution in [0, 0.1) is 5.82 Å². The molecule has 0 spiro atoms. The zero-order chi connectivity index (χ0) is 16.2. The van der Waals surface area contributed by atoms with E-state index >= 15 is 0 Å². The van der Waals surface area contributed by atoms with Crippen LogP contribution in [0.1, 0.15) is 0 Å². The topological polar surface area (TPSA) is 16.4 Å². The Morgan fingerprint density at radius 2 is 1.30 bits per heavy atom. The molecule has 1 aromatic heterocycles. The van der Waals surface area contributed by atoms with Crippen LogP contribution in [0.2, 0.25) is 0 Å². The van der Waals surface area contributed by atoms with E-state index in [2.05, 4.69) is 0 Å². The predicted molar refractivity (Wildman–Crippen MR) is 88.8 cm³/mol. The summed E-state index contributed by atoms with van der Waals surface area (Å²) in [4.78, 5) is 7.79. The number of rotatable bonds is 4. The number of pyridine rings is 1. The number of aromatic nitrogens is 1. The highest BCUT2D eigenvalue weighted by Gasteiger charge is 2.06. The summed E-state index contributed by atoms with van der Waals surface area (Å²) in [5.74, 6) is 0.504. The smallest absolute Gasteiger partial charge is 0.225 e. The first-order valence-electron chi connectivity index (χ1n) is 7.35. The van der Waals surface area contributed by atoms with Crippen molar-refractivity contribution in [2.45, 2.75) is 0 Å². The summed E-state index contributed by atoms with van der Waals surface area (Å²) in [7, 11) is 3.99. The Bertz CT molecular complexity index is 766. The van der Waals surface area contributed by atoms with Crippen molar-refractivity contribution in [2.24, 2.45) is 0 Å². The number of hydrogen-bond acceptors (Lipinski definition) is 2. The molecule has 0 N–H and O–H groups in total. The van der Waals surface area contributed by atoms with Gasteiger partial charge in [0.05, 0.1) is 0 Å². The van der Waals surface area contributed by atoms with Crippen molar-refractivity contribution >= 4 is 5.69 Å². The minimum Gasteiger partial charge on any atom is -0.377 e. The summed E-state index contributed by atoms with van der Waals surface area (Å²) in [6.45, 7) is 0. The van der Waals surface area contributed by atoms with Crippen LogP contribution in [0.15, 0.2) is 73.1 Å². The van der Waals surface area contributed by atoms with Gasteiger partial charge >= 0.3 is 0 Å². The second-order valence-electron chi connectivity index (χ2n) is 5.43. The predicted octanol–water partition coefficient (Wildman–Crippen LogP) is 3.69. The van der Waals surface area contributed by atoms with Gasteiger partial charge in [-0.1, -0.05) is 24.3 Å². The molecule has 0 bridgehead atoms. The van der Waals surface area contributed by atoms with Crippen LogP contribution in [-0.2, 0) is 0 Å². The summed E-state index contributed by atoms with van der Waals surface area (Å²) in [5, 5.41) is 0. The van der Waals surface area contributed by atoms with Crippen LogP contribution in [-0.4, -0.2) is 14.1 Å². The molecule has 116 valence electrons. The van der Waals surface area contributed by atoms with Gasteiger partial charge in [-0.3, -0.25) is 0 Å². The summed E-state index contributed by atoms with van der Waals surface area (Å²) < 4.78 is 14.6. The van der Waals surface area contributed by atoms with Crippen LogP contribution < -0.4 is 14.5 Å². The minimum atomic E-state index is -0.230. The minimum absolute atomic E-state index is 0.230. The van der Waals surface area contributed by atoms with Crippen LogP contribution in [0.4, 0.5) is 10.1 Å². The zero-order valence-electron chi connectivity index (χ0n) is 13.1. The first-order chi connectivity index (χ1) is 11.1. The molecule has 4 heteroatoms. The van der Waals surface area contributed by atoms with Crippen molar-refractivity contribution in [3.05, 3.63) is 78.9 Å². The van der Waals surface area contributed by atoms with Crippen LogP contribution in [0.5, 0.6) is 5.75 Å². The number of nitrogens with zero attached hydrogens (tertiary/aromatic N) is 2. The van der Waals surface area contributed by atoms with Crippen LogP contribution in [0.25, 0.3) is 11.1 Å². The molecule has 0 fully saturated rings. The third-order valence-electron chi connectivity index (χ3n) is 3.54. The van der Waals surface area contributed by atoms with E-state index in [-0.39, 0.29) is 5.82 Å². The zero-order valence-corrected chi connectivity index (χ0v) is 13.1. The molecule has 0 amide bonds.